The van der Waals surface area contributed by atoms with E-state index in [1.165, 1.54) is 18.2 Å². The molecule has 0 aliphatic rings. The van der Waals surface area contributed by atoms with Crippen LogP contribution in [0.5, 0.6) is 0 Å². The lowest BCUT2D eigenvalue weighted by Crippen LogP contribution is -2.48. The average Bonchev–Trinajstić information content (AvgIpc) is 2.34. The number of nitrogens with zero attached hydrogens (tertiary/aromatic N) is 1. The Morgan fingerprint density at radius 3 is 2.33 bits per heavy atom. The Morgan fingerprint density at radius 1 is 1.38 bits per heavy atom. The van der Waals surface area contributed by atoms with Crippen LogP contribution < -0.4 is 4.72 Å². The summed E-state index contributed by atoms with van der Waals surface area (Å²) in [6, 6.07) is 4.73. The first kappa shape index (κ1) is 17.1. The van der Waals surface area contributed by atoms with Gasteiger partial charge in [-0.25, -0.2) is 8.42 Å². The molecule has 0 spiro atoms. The fraction of sp³-hybridized carbons (Fsp3) is 0.429. The van der Waals surface area contributed by atoms with Crippen molar-refractivity contribution < 1.29 is 18.3 Å². The Bertz CT molecular complexity index is 697. The summed E-state index contributed by atoms with van der Waals surface area (Å²) in [4.78, 5) is 11.2. The van der Waals surface area contributed by atoms with Gasteiger partial charge in [0, 0.05) is 0 Å². The van der Waals surface area contributed by atoms with Gasteiger partial charge in [0.2, 0.25) is 10.0 Å². The van der Waals surface area contributed by atoms with Crippen molar-refractivity contribution in [3.63, 3.8) is 0 Å². The second-order valence-electron chi connectivity index (χ2n) is 5.85. The number of hydrogen-bond acceptors (Lipinski definition) is 4. The number of carboxylic acids is 1. The van der Waals surface area contributed by atoms with Gasteiger partial charge in [-0.1, -0.05) is 20.8 Å². The van der Waals surface area contributed by atoms with Crippen molar-refractivity contribution in [3.05, 3.63) is 29.3 Å². The second kappa shape index (κ2) is 5.84. The van der Waals surface area contributed by atoms with Crippen LogP contribution in [0.3, 0.4) is 0 Å². The summed E-state index contributed by atoms with van der Waals surface area (Å²) in [7, 11) is -3.98. The molecule has 6 nitrogen and oxygen atoms in total. The van der Waals surface area contributed by atoms with Crippen LogP contribution in [0.15, 0.2) is 23.1 Å². The summed E-state index contributed by atoms with van der Waals surface area (Å²) in [5.41, 5.74) is 0.114. The van der Waals surface area contributed by atoms with Crippen LogP contribution in [0.25, 0.3) is 0 Å². The van der Waals surface area contributed by atoms with Crippen LogP contribution in [0.1, 0.15) is 31.9 Å². The van der Waals surface area contributed by atoms with E-state index in [9.17, 15) is 18.3 Å². The van der Waals surface area contributed by atoms with E-state index in [2.05, 4.69) is 4.72 Å². The monoisotopic (exact) mass is 310 g/mol. The predicted molar refractivity (Wildman–Crippen MR) is 77.1 cm³/mol. The zero-order valence-electron chi connectivity index (χ0n) is 12.3. The topological polar surface area (TPSA) is 107 Å². The van der Waals surface area contributed by atoms with Gasteiger partial charge in [-0.05, 0) is 36.1 Å². The fourth-order valence-corrected chi connectivity index (χ4v) is 3.23. The first-order valence-corrected chi connectivity index (χ1v) is 7.73. The lowest BCUT2D eigenvalue weighted by Gasteiger charge is -2.27. The van der Waals surface area contributed by atoms with E-state index in [0.29, 0.717) is 11.1 Å². The van der Waals surface area contributed by atoms with Gasteiger partial charge in [0.15, 0.2) is 0 Å². The van der Waals surface area contributed by atoms with E-state index in [-0.39, 0.29) is 4.90 Å². The third-order valence-electron chi connectivity index (χ3n) is 3.01. The molecule has 1 aromatic carbocycles. The highest BCUT2D eigenvalue weighted by atomic mass is 32.2. The molecule has 0 aliphatic carbocycles. The molecule has 0 unspecified atom stereocenters. The number of carbonyl (C=O) groups is 1. The lowest BCUT2D eigenvalue weighted by molar-refractivity contribution is -0.141. The van der Waals surface area contributed by atoms with Crippen LogP contribution in [0.2, 0.25) is 0 Å². The minimum Gasteiger partial charge on any atom is -0.480 e. The summed E-state index contributed by atoms with van der Waals surface area (Å²) in [6.07, 6.45) is 0. The summed E-state index contributed by atoms with van der Waals surface area (Å²) < 4.78 is 26.8. The lowest BCUT2D eigenvalue weighted by atomic mass is 9.88. The quantitative estimate of drug-likeness (QED) is 0.879. The van der Waals surface area contributed by atoms with Crippen molar-refractivity contribution >= 4 is 16.0 Å². The zero-order chi connectivity index (χ0) is 16.4. The molecule has 0 saturated carbocycles. The van der Waals surface area contributed by atoms with E-state index < -0.39 is 27.4 Å². The molecule has 0 bridgehead atoms. The average molecular weight is 310 g/mol. The smallest absolute Gasteiger partial charge is 0.322 e. The summed E-state index contributed by atoms with van der Waals surface area (Å²) in [5.74, 6) is -1.24. The molecular weight excluding hydrogens is 292 g/mol. The van der Waals surface area contributed by atoms with Crippen molar-refractivity contribution in [1.29, 1.82) is 5.26 Å². The molecule has 2 N–H and O–H groups in total. The van der Waals surface area contributed by atoms with E-state index in [1.54, 1.807) is 27.7 Å². The number of hydrogen-bond donors (Lipinski definition) is 2. The minimum atomic E-state index is -3.98. The van der Waals surface area contributed by atoms with Crippen LogP contribution in [0.4, 0.5) is 0 Å². The standard InChI is InChI=1S/C14H18N2O4S/c1-9-7-11(6-5-10(9)8-15)21(19,20)16-12(13(17)18)14(2,3)4/h5-7,12,16H,1-4H3,(H,17,18)/t12-/m0/s1. The molecule has 114 valence electrons. The van der Waals surface area contributed by atoms with E-state index >= 15 is 0 Å². The first-order chi connectivity index (χ1) is 9.49. The van der Waals surface area contributed by atoms with Crippen molar-refractivity contribution in [2.24, 2.45) is 5.41 Å². The molecule has 21 heavy (non-hydrogen) atoms. The maximum atomic E-state index is 12.3. The SMILES string of the molecule is Cc1cc(S(=O)(=O)N[C@@H](C(=O)O)C(C)(C)C)ccc1C#N. The van der Waals surface area contributed by atoms with Crippen molar-refractivity contribution in [1.82, 2.24) is 4.72 Å². The minimum absolute atomic E-state index is 0.0606. The third-order valence-corrected chi connectivity index (χ3v) is 4.44. The highest BCUT2D eigenvalue weighted by molar-refractivity contribution is 7.89. The van der Waals surface area contributed by atoms with Crippen LogP contribution in [-0.4, -0.2) is 25.5 Å². The molecule has 0 heterocycles. The van der Waals surface area contributed by atoms with Gasteiger partial charge in [-0.2, -0.15) is 9.98 Å². The Hall–Kier alpha value is -1.91. The molecule has 1 aromatic rings. The van der Waals surface area contributed by atoms with Crippen molar-refractivity contribution in [2.75, 3.05) is 0 Å². The van der Waals surface area contributed by atoms with Gasteiger partial charge in [0.05, 0.1) is 16.5 Å². The highest BCUT2D eigenvalue weighted by Gasteiger charge is 2.35. The normalized spacial score (nSPS) is 13.5. The van der Waals surface area contributed by atoms with Gasteiger partial charge in [0.1, 0.15) is 6.04 Å². The maximum absolute atomic E-state index is 12.3. The van der Waals surface area contributed by atoms with Gasteiger partial charge in [-0.3, -0.25) is 4.79 Å². The maximum Gasteiger partial charge on any atom is 0.322 e. The first-order valence-electron chi connectivity index (χ1n) is 6.25. The van der Waals surface area contributed by atoms with Crippen LogP contribution >= 0.6 is 0 Å². The number of nitrogens with one attached hydrogen (secondary N) is 1. The largest absolute Gasteiger partial charge is 0.480 e. The number of aliphatic carboxylic acids is 1. The Balaban J connectivity index is 3.21. The van der Waals surface area contributed by atoms with E-state index in [0.717, 1.165) is 0 Å². The predicted octanol–water partition coefficient (Wildman–Crippen LogP) is 1.64. The highest BCUT2D eigenvalue weighted by Crippen LogP contribution is 2.22. The molecule has 1 atom stereocenters. The van der Waals surface area contributed by atoms with E-state index in [1.807, 2.05) is 6.07 Å². The molecule has 0 saturated heterocycles. The molecule has 7 heteroatoms. The molecule has 0 fully saturated rings. The van der Waals surface area contributed by atoms with Gasteiger partial charge >= 0.3 is 5.97 Å². The van der Waals surface area contributed by atoms with Crippen LogP contribution in [-0.2, 0) is 14.8 Å². The number of carboxylic acid groups (broad SMARTS) is 1. The second-order valence-corrected chi connectivity index (χ2v) is 7.56. The van der Waals surface area contributed by atoms with E-state index in [4.69, 9.17) is 5.26 Å². The van der Waals surface area contributed by atoms with Gasteiger partial charge < -0.3 is 5.11 Å². The third kappa shape index (κ3) is 4.03. The summed E-state index contributed by atoms with van der Waals surface area (Å²) in [6.45, 7) is 6.53. The van der Waals surface area contributed by atoms with Gasteiger partial charge in [-0.15, -0.1) is 0 Å². The number of aryl methyl sites for hydroxylation is 1. The number of nitriles is 1. The zero-order valence-corrected chi connectivity index (χ0v) is 13.2. The van der Waals surface area contributed by atoms with Crippen molar-refractivity contribution in [2.45, 2.75) is 38.6 Å². The number of sulfonamides is 1. The molecule has 1 rings (SSSR count). The Labute approximate surface area is 124 Å². The molecule has 0 radical (unpaired) electrons. The molecular formula is C14H18N2O4S. The molecule has 0 amide bonds. The number of rotatable bonds is 4. The Morgan fingerprint density at radius 2 is 1.95 bits per heavy atom. The van der Waals surface area contributed by atoms with Crippen LogP contribution in [0, 0.1) is 23.7 Å². The molecule has 0 aromatic heterocycles. The summed E-state index contributed by atoms with van der Waals surface area (Å²) >= 11 is 0. The number of benzene rings is 1. The fourth-order valence-electron chi connectivity index (χ4n) is 1.75. The van der Waals surface area contributed by atoms with Crippen molar-refractivity contribution in [3.8, 4) is 6.07 Å². The Kier molecular flexibility index (Phi) is 4.76. The molecule has 0 aliphatic heterocycles. The van der Waals surface area contributed by atoms with Gasteiger partial charge in [0.25, 0.3) is 0 Å². The summed E-state index contributed by atoms with van der Waals surface area (Å²) in [5, 5.41) is 18.0.